The lowest BCUT2D eigenvalue weighted by atomic mass is 9.91. The van der Waals surface area contributed by atoms with E-state index >= 15 is 0 Å². The van der Waals surface area contributed by atoms with Gasteiger partial charge in [0.1, 0.15) is 12.4 Å². The van der Waals surface area contributed by atoms with Gasteiger partial charge in [-0.05, 0) is 47.7 Å². The molecule has 1 saturated heterocycles. The van der Waals surface area contributed by atoms with Crippen LogP contribution in [0.4, 0.5) is 0 Å². The highest BCUT2D eigenvalue weighted by Crippen LogP contribution is 2.43. The lowest BCUT2D eigenvalue weighted by Crippen LogP contribution is -2.47. The predicted octanol–water partition coefficient (Wildman–Crippen LogP) is 5.41. The molecule has 3 N–H and O–H groups in total. The number of hydrogen-bond donors (Lipinski definition) is 3. The standard InChI is InChI=1S/C39H43N5O6S2/c1-26-9-19-33(20-10-26)52(47,48)43-34(21-28-7-5-4-6-8-28)37(46)40-22-29-11-17-32(18-12-29)38-49-35(24-51-39-42-41-25-44(39)3)27(2)36(50-38)31-15-13-30(23-45)14-16-31/h4-20,25,27,34-36,38,43,45H,21-24H2,1-3H3,(H,40,46). The Balaban J connectivity index is 1.15. The Morgan fingerprint density at radius 3 is 2.23 bits per heavy atom. The molecule has 0 aliphatic carbocycles. The average Bonchev–Trinajstić information content (AvgIpc) is 3.58. The number of aryl methyl sites for hydroxylation is 2. The summed E-state index contributed by atoms with van der Waals surface area (Å²) in [5.41, 5.74) is 5.23. The molecule has 1 aromatic heterocycles. The van der Waals surface area contributed by atoms with Gasteiger partial charge in [0.2, 0.25) is 15.9 Å². The van der Waals surface area contributed by atoms with Crippen LogP contribution >= 0.6 is 11.8 Å². The van der Waals surface area contributed by atoms with Crippen LogP contribution in [-0.4, -0.2) is 52.1 Å². The molecule has 2 heterocycles. The minimum absolute atomic E-state index is 0.0127. The van der Waals surface area contributed by atoms with Gasteiger partial charge in [-0.2, -0.15) is 4.72 Å². The van der Waals surface area contributed by atoms with E-state index in [2.05, 4.69) is 27.2 Å². The minimum Gasteiger partial charge on any atom is -0.392 e. The molecule has 1 amide bonds. The predicted molar refractivity (Wildman–Crippen MR) is 198 cm³/mol. The second-order valence-electron chi connectivity index (χ2n) is 13.0. The van der Waals surface area contributed by atoms with E-state index in [9.17, 15) is 18.3 Å². The second kappa shape index (κ2) is 17.0. The number of aliphatic hydroxyl groups is 1. The molecule has 272 valence electrons. The summed E-state index contributed by atoms with van der Waals surface area (Å²) in [5.74, 6) is 0.217. The van der Waals surface area contributed by atoms with Crippen molar-refractivity contribution in [1.82, 2.24) is 24.8 Å². The molecule has 0 spiro atoms. The Hall–Kier alpha value is -4.37. The van der Waals surface area contributed by atoms with E-state index in [1.54, 1.807) is 30.2 Å². The van der Waals surface area contributed by atoms with Gasteiger partial charge in [0.15, 0.2) is 11.4 Å². The average molecular weight is 742 g/mol. The highest BCUT2D eigenvalue weighted by Gasteiger charge is 2.38. The maximum atomic E-state index is 13.5. The molecule has 6 rings (SSSR count). The molecule has 0 saturated carbocycles. The lowest BCUT2D eigenvalue weighted by molar-refractivity contribution is -0.268. The Morgan fingerprint density at radius 1 is 0.904 bits per heavy atom. The Labute approximate surface area is 308 Å². The molecule has 5 atom stereocenters. The molecule has 5 aromatic rings. The van der Waals surface area contributed by atoms with Gasteiger partial charge >= 0.3 is 0 Å². The zero-order chi connectivity index (χ0) is 36.7. The number of nitrogens with zero attached hydrogens (tertiary/aromatic N) is 3. The van der Waals surface area contributed by atoms with Gasteiger partial charge in [0.05, 0.1) is 23.7 Å². The van der Waals surface area contributed by atoms with Crippen molar-refractivity contribution in [2.75, 3.05) is 5.75 Å². The van der Waals surface area contributed by atoms with E-state index in [1.807, 2.05) is 97.4 Å². The van der Waals surface area contributed by atoms with Crippen LogP contribution in [0.15, 0.2) is 120 Å². The highest BCUT2D eigenvalue weighted by atomic mass is 32.2. The molecule has 52 heavy (non-hydrogen) atoms. The van der Waals surface area contributed by atoms with E-state index < -0.39 is 28.3 Å². The summed E-state index contributed by atoms with van der Waals surface area (Å²) in [4.78, 5) is 13.6. The van der Waals surface area contributed by atoms with Gasteiger partial charge < -0.3 is 24.5 Å². The third-order valence-corrected chi connectivity index (χ3v) is 11.7. The number of hydrogen-bond acceptors (Lipinski definition) is 9. The fraction of sp³-hybridized carbons (Fsp3) is 0.308. The number of thioether (sulfide) groups is 1. The molecule has 13 heteroatoms. The van der Waals surface area contributed by atoms with Crippen LogP contribution in [0.3, 0.4) is 0 Å². The molecule has 1 aliphatic heterocycles. The smallest absolute Gasteiger partial charge is 0.241 e. The molecule has 4 aromatic carbocycles. The summed E-state index contributed by atoms with van der Waals surface area (Å²) < 4.78 is 44.2. The monoisotopic (exact) mass is 741 g/mol. The third-order valence-electron chi connectivity index (χ3n) is 9.12. The van der Waals surface area contributed by atoms with Crippen molar-refractivity contribution >= 4 is 27.7 Å². The number of carbonyl (C=O) groups is 1. The zero-order valence-corrected chi connectivity index (χ0v) is 30.9. The number of aromatic nitrogens is 3. The van der Waals surface area contributed by atoms with Crippen molar-refractivity contribution in [3.05, 3.63) is 143 Å². The lowest BCUT2D eigenvalue weighted by Gasteiger charge is -2.41. The fourth-order valence-corrected chi connectivity index (χ4v) is 8.23. The first-order chi connectivity index (χ1) is 25.1. The molecule has 11 nitrogen and oxygen atoms in total. The van der Waals surface area contributed by atoms with Crippen molar-refractivity contribution in [2.45, 2.75) is 68.0 Å². The van der Waals surface area contributed by atoms with E-state index in [-0.39, 0.29) is 42.6 Å². The van der Waals surface area contributed by atoms with Crippen molar-refractivity contribution in [1.29, 1.82) is 0 Å². The third kappa shape index (κ3) is 9.34. The minimum atomic E-state index is -3.96. The van der Waals surface area contributed by atoms with Crippen LogP contribution in [0, 0.1) is 12.8 Å². The zero-order valence-electron chi connectivity index (χ0n) is 29.3. The number of rotatable bonds is 14. The first kappa shape index (κ1) is 37.4. The summed E-state index contributed by atoms with van der Waals surface area (Å²) in [6.45, 7) is 4.15. The molecule has 5 unspecified atom stereocenters. The molecule has 0 bridgehead atoms. The summed E-state index contributed by atoms with van der Waals surface area (Å²) in [6.07, 6.45) is 0.764. The number of aliphatic hydroxyl groups excluding tert-OH is 1. The summed E-state index contributed by atoms with van der Waals surface area (Å²) >= 11 is 1.57. The maximum absolute atomic E-state index is 13.5. The summed E-state index contributed by atoms with van der Waals surface area (Å²) in [5, 5.41) is 21.5. The summed E-state index contributed by atoms with van der Waals surface area (Å²) in [7, 11) is -2.05. The number of nitrogens with one attached hydrogen (secondary N) is 2. The Bertz CT molecular complexity index is 2020. The van der Waals surface area contributed by atoms with E-state index in [1.165, 1.54) is 12.1 Å². The number of carbonyl (C=O) groups excluding carboxylic acids is 1. The number of sulfonamides is 1. The SMILES string of the molecule is Cc1ccc(S(=O)(=O)NC(Cc2ccccc2)C(=O)NCc2ccc(C3OC(CSc4nncn4C)C(C)C(c4ccc(CO)cc4)O3)cc2)cc1. The topological polar surface area (TPSA) is 145 Å². The molecular weight excluding hydrogens is 699 g/mol. The molecular formula is C39H43N5O6S2. The molecule has 1 aliphatic rings. The van der Waals surface area contributed by atoms with E-state index in [0.29, 0.717) is 5.75 Å². The Morgan fingerprint density at radius 2 is 1.58 bits per heavy atom. The molecule has 0 radical (unpaired) electrons. The largest absolute Gasteiger partial charge is 0.392 e. The van der Waals surface area contributed by atoms with Crippen molar-refractivity contribution in [3.63, 3.8) is 0 Å². The molecule has 1 fully saturated rings. The van der Waals surface area contributed by atoms with Crippen LogP contribution in [0.2, 0.25) is 0 Å². The van der Waals surface area contributed by atoms with Crippen LogP contribution in [0.25, 0.3) is 0 Å². The van der Waals surface area contributed by atoms with Gasteiger partial charge in [-0.3, -0.25) is 4.79 Å². The van der Waals surface area contributed by atoms with Crippen molar-refractivity contribution < 1.29 is 27.8 Å². The quantitative estimate of drug-likeness (QED) is 0.127. The van der Waals surface area contributed by atoms with Crippen LogP contribution in [-0.2, 0) is 50.9 Å². The van der Waals surface area contributed by atoms with Gasteiger partial charge in [-0.15, -0.1) is 10.2 Å². The fourth-order valence-electron chi connectivity index (χ4n) is 5.99. The maximum Gasteiger partial charge on any atom is 0.241 e. The second-order valence-corrected chi connectivity index (χ2v) is 15.7. The van der Waals surface area contributed by atoms with Gasteiger partial charge in [-0.1, -0.05) is 115 Å². The van der Waals surface area contributed by atoms with Gasteiger partial charge in [0, 0.05) is 30.8 Å². The number of benzene rings is 4. The Kier molecular flexibility index (Phi) is 12.2. The van der Waals surface area contributed by atoms with E-state index in [0.717, 1.165) is 38.5 Å². The first-order valence-electron chi connectivity index (χ1n) is 17.1. The van der Waals surface area contributed by atoms with Crippen LogP contribution in [0.5, 0.6) is 0 Å². The van der Waals surface area contributed by atoms with Crippen LogP contribution < -0.4 is 10.0 Å². The normalized spacial score (nSPS) is 19.6. The highest BCUT2D eigenvalue weighted by molar-refractivity contribution is 7.99. The summed E-state index contributed by atoms with van der Waals surface area (Å²) in [6, 6.07) is 30.2. The van der Waals surface area contributed by atoms with Crippen LogP contribution in [0.1, 0.15) is 52.7 Å². The number of ether oxygens (including phenoxy) is 2. The van der Waals surface area contributed by atoms with Gasteiger partial charge in [0.25, 0.3) is 0 Å². The first-order valence-corrected chi connectivity index (χ1v) is 19.5. The van der Waals surface area contributed by atoms with Crippen molar-refractivity contribution in [3.8, 4) is 0 Å². The number of amides is 1. The van der Waals surface area contributed by atoms with Crippen molar-refractivity contribution in [2.24, 2.45) is 13.0 Å². The van der Waals surface area contributed by atoms with Gasteiger partial charge in [-0.25, -0.2) is 8.42 Å². The van der Waals surface area contributed by atoms with E-state index in [4.69, 9.17) is 9.47 Å².